The van der Waals surface area contributed by atoms with Gasteiger partial charge in [-0.1, -0.05) is 54.1 Å². The number of hydrogen-bond acceptors (Lipinski definition) is 5. The molecule has 0 aliphatic rings. The molecule has 0 unspecified atom stereocenters. The number of rotatable bonds is 12. The van der Waals surface area contributed by atoms with Crippen molar-refractivity contribution >= 4 is 40.3 Å². The van der Waals surface area contributed by atoms with Crippen molar-refractivity contribution in [2.45, 2.75) is 6.54 Å². The van der Waals surface area contributed by atoms with E-state index in [4.69, 9.17) is 21.1 Å². The molecule has 0 spiro atoms. The molecule has 2 N–H and O–H groups in total. The first-order valence-corrected chi connectivity index (χ1v) is 12.5. The normalized spacial score (nSPS) is 11.2. The molecular formula is C27H35ClN5O4+. The number of benzene rings is 2. The number of fused-ring (bicyclic) bond motifs is 1. The first kappa shape index (κ1) is 28.2. The number of halogens is 1. The van der Waals surface area contributed by atoms with E-state index in [1.165, 1.54) is 0 Å². The summed E-state index contributed by atoms with van der Waals surface area (Å²) in [6.45, 7) is 2.65. The van der Waals surface area contributed by atoms with E-state index in [2.05, 4.69) is 36.8 Å². The number of carbonyl (C=O) groups is 2. The highest BCUT2D eigenvalue weighted by molar-refractivity contribution is 6.31. The van der Waals surface area contributed by atoms with Crippen LogP contribution in [0.2, 0.25) is 5.02 Å². The van der Waals surface area contributed by atoms with Crippen LogP contribution in [-0.4, -0.2) is 87.1 Å². The van der Waals surface area contributed by atoms with Crippen molar-refractivity contribution in [2.24, 2.45) is 0 Å². The molecule has 3 amide bonds. The number of ether oxygens (including phenoxy) is 2. The van der Waals surface area contributed by atoms with Gasteiger partial charge in [0.1, 0.15) is 19.0 Å². The number of nitrogens with one attached hydrogen (secondary N) is 2. The van der Waals surface area contributed by atoms with Crippen LogP contribution in [0.15, 0.2) is 60.8 Å². The van der Waals surface area contributed by atoms with Gasteiger partial charge in [0.15, 0.2) is 0 Å². The summed E-state index contributed by atoms with van der Waals surface area (Å²) in [5.74, 6) is 0.392. The number of anilines is 1. The summed E-state index contributed by atoms with van der Waals surface area (Å²) in [7, 11) is 6.27. The summed E-state index contributed by atoms with van der Waals surface area (Å²) in [6.07, 6.45) is 1.05. The first-order chi connectivity index (χ1) is 17.7. The van der Waals surface area contributed by atoms with E-state index in [9.17, 15) is 9.59 Å². The van der Waals surface area contributed by atoms with Gasteiger partial charge in [0.25, 0.3) is 0 Å². The number of pyridine rings is 1. The van der Waals surface area contributed by atoms with Crippen molar-refractivity contribution in [3.05, 3.63) is 71.4 Å². The third-order valence-corrected chi connectivity index (χ3v) is 5.91. The number of likely N-dealkylation sites (N-methyl/N-ethyl adjacent to an activating group) is 1. The molecule has 0 fully saturated rings. The Hall–Kier alpha value is -3.40. The van der Waals surface area contributed by atoms with E-state index < -0.39 is 6.09 Å². The van der Waals surface area contributed by atoms with Crippen molar-refractivity contribution in [1.82, 2.24) is 15.2 Å². The van der Waals surface area contributed by atoms with E-state index in [1.54, 1.807) is 23.2 Å². The summed E-state index contributed by atoms with van der Waals surface area (Å²) in [5.41, 5.74) is 0.815. The highest BCUT2D eigenvalue weighted by atomic mass is 35.5. The number of nitrogens with zero attached hydrogens (tertiary/aromatic N) is 3. The maximum absolute atomic E-state index is 12.9. The molecule has 1 heterocycles. The van der Waals surface area contributed by atoms with Crippen molar-refractivity contribution in [3.63, 3.8) is 0 Å². The summed E-state index contributed by atoms with van der Waals surface area (Å²) >= 11 is 6.20. The van der Waals surface area contributed by atoms with Crippen LogP contribution in [0.25, 0.3) is 10.8 Å². The minimum atomic E-state index is -0.640. The van der Waals surface area contributed by atoms with Gasteiger partial charge in [-0.3, -0.25) is 5.32 Å². The van der Waals surface area contributed by atoms with E-state index in [-0.39, 0.29) is 25.7 Å². The molecule has 0 saturated heterocycles. The summed E-state index contributed by atoms with van der Waals surface area (Å²) in [5, 5.41) is 8.03. The zero-order chi connectivity index (χ0) is 26.7. The van der Waals surface area contributed by atoms with Gasteiger partial charge in [-0.15, -0.1) is 0 Å². The Bertz CT molecular complexity index is 1180. The fourth-order valence-electron chi connectivity index (χ4n) is 3.40. The number of carbonyl (C=O) groups excluding carboxylic acids is 2. The minimum Gasteiger partial charge on any atom is -0.447 e. The van der Waals surface area contributed by atoms with Crippen LogP contribution >= 0.6 is 11.6 Å². The Morgan fingerprint density at radius 2 is 1.68 bits per heavy atom. The van der Waals surface area contributed by atoms with Gasteiger partial charge in [-0.2, -0.15) is 0 Å². The van der Waals surface area contributed by atoms with Crippen LogP contribution in [0, 0.1) is 0 Å². The monoisotopic (exact) mass is 528 g/mol. The van der Waals surface area contributed by atoms with E-state index in [1.807, 2.05) is 42.5 Å². The summed E-state index contributed by atoms with van der Waals surface area (Å²) in [4.78, 5) is 31.0. The van der Waals surface area contributed by atoms with Gasteiger partial charge >= 0.3 is 12.1 Å². The molecule has 0 saturated carbocycles. The van der Waals surface area contributed by atoms with E-state index in [0.29, 0.717) is 30.6 Å². The van der Waals surface area contributed by atoms with Crippen molar-refractivity contribution in [3.8, 4) is 0 Å². The largest absolute Gasteiger partial charge is 0.447 e. The Labute approximate surface area is 222 Å². The number of aromatic nitrogens is 1. The summed E-state index contributed by atoms with van der Waals surface area (Å²) in [6, 6.07) is 16.5. The second kappa shape index (κ2) is 13.8. The molecule has 0 radical (unpaired) electrons. The molecule has 10 heteroatoms. The average molecular weight is 529 g/mol. The Balaban J connectivity index is 1.50. The van der Waals surface area contributed by atoms with Crippen LogP contribution in [0.5, 0.6) is 0 Å². The molecule has 1 aromatic heterocycles. The zero-order valence-electron chi connectivity index (χ0n) is 21.6. The number of amides is 3. The molecule has 198 valence electrons. The predicted octanol–water partition coefficient (Wildman–Crippen LogP) is 4.37. The molecule has 3 rings (SSSR count). The SMILES string of the molecule is C[N+](C)(C)CCOCCN(CCOC(=O)Nc1cc2ccccc2cn1)C(=O)NCc1ccccc1Cl. The molecule has 0 aliphatic heterocycles. The van der Waals surface area contributed by atoms with E-state index in [0.717, 1.165) is 27.4 Å². The van der Waals surface area contributed by atoms with Crippen LogP contribution in [0.3, 0.4) is 0 Å². The highest BCUT2D eigenvalue weighted by Crippen LogP contribution is 2.16. The Kier molecular flexibility index (Phi) is 10.5. The fraction of sp³-hybridized carbons (Fsp3) is 0.370. The third kappa shape index (κ3) is 9.87. The van der Waals surface area contributed by atoms with E-state index >= 15 is 0 Å². The van der Waals surface area contributed by atoms with Gasteiger partial charge in [0.2, 0.25) is 0 Å². The van der Waals surface area contributed by atoms with Crippen LogP contribution in [0.1, 0.15) is 5.56 Å². The van der Waals surface area contributed by atoms with Gasteiger partial charge < -0.3 is 24.2 Å². The second-order valence-electron chi connectivity index (χ2n) is 9.54. The van der Waals surface area contributed by atoms with Gasteiger partial charge in [-0.05, 0) is 23.1 Å². The Morgan fingerprint density at radius 3 is 2.43 bits per heavy atom. The average Bonchev–Trinajstić information content (AvgIpc) is 2.86. The van der Waals surface area contributed by atoms with Crippen molar-refractivity contribution in [1.29, 1.82) is 0 Å². The molecule has 0 aliphatic carbocycles. The lowest BCUT2D eigenvalue weighted by Gasteiger charge is -2.25. The molecule has 0 atom stereocenters. The molecular weight excluding hydrogens is 494 g/mol. The standard InChI is InChI=1S/C27H34ClN5O4/c1-33(2,3)14-17-36-15-12-32(26(34)30-20-23-10-6-7-11-24(23)28)13-16-37-27(35)31-25-18-21-8-4-5-9-22(21)19-29-25/h4-11,18-19H,12-17,20H2,1-3H3,(H-,29,30,31,34,35)/p+1. The fourth-order valence-corrected chi connectivity index (χ4v) is 3.60. The number of hydrogen-bond donors (Lipinski definition) is 2. The summed E-state index contributed by atoms with van der Waals surface area (Å²) < 4.78 is 11.8. The number of quaternary nitrogens is 1. The maximum atomic E-state index is 12.9. The molecule has 37 heavy (non-hydrogen) atoms. The highest BCUT2D eigenvalue weighted by Gasteiger charge is 2.15. The lowest BCUT2D eigenvalue weighted by Crippen LogP contribution is -2.44. The lowest BCUT2D eigenvalue weighted by molar-refractivity contribution is -0.870. The Morgan fingerprint density at radius 1 is 0.973 bits per heavy atom. The maximum Gasteiger partial charge on any atom is 0.412 e. The second-order valence-corrected chi connectivity index (χ2v) is 9.95. The van der Waals surface area contributed by atoms with Crippen LogP contribution in [-0.2, 0) is 16.0 Å². The van der Waals surface area contributed by atoms with Crippen LogP contribution in [0.4, 0.5) is 15.4 Å². The molecule has 2 aromatic carbocycles. The lowest BCUT2D eigenvalue weighted by atomic mass is 10.2. The third-order valence-electron chi connectivity index (χ3n) is 5.54. The molecule has 0 bridgehead atoms. The number of urea groups is 1. The molecule has 3 aromatic rings. The first-order valence-electron chi connectivity index (χ1n) is 12.1. The smallest absolute Gasteiger partial charge is 0.412 e. The molecule has 9 nitrogen and oxygen atoms in total. The zero-order valence-corrected chi connectivity index (χ0v) is 22.3. The van der Waals surface area contributed by atoms with Gasteiger partial charge in [0, 0.05) is 29.7 Å². The minimum absolute atomic E-state index is 0.0117. The van der Waals surface area contributed by atoms with Crippen molar-refractivity contribution in [2.75, 3.05) is 65.9 Å². The van der Waals surface area contributed by atoms with Crippen LogP contribution < -0.4 is 10.6 Å². The van der Waals surface area contributed by atoms with Gasteiger partial charge in [0.05, 0.1) is 40.9 Å². The topological polar surface area (TPSA) is 92.8 Å². The quantitative estimate of drug-likeness (QED) is 0.269. The predicted molar refractivity (Wildman–Crippen MR) is 146 cm³/mol. The van der Waals surface area contributed by atoms with Gasteiger partial charge in [-0.25, -0.2) is 14.6 Å². The van der Waals surface area contributed by atoms with Crippen molar-refractivity contribution < 1.29 is 23.5 Å².